The summed E-state index contributed by atoms with van der Waals surface area (Å²) in [6.07, 6.45) is 1.56. The van der Waals surface area contributed by atoms with E-state index >= 15 is 0 Å². The van der Waals surface area contributed by atoms with Crippen LogP contribution in [0.3, 0.4) is 0 Å². The lowest BCUT2D eigenvalue weighted by molar-refractivity contribution is 0.621. The highest BCUT2D eigenvalue weighted by Crippen LogP contribution is 2.28. The minimum absolute atomic E-state index is 0.240. The molecule has 0 N–H and O–H groups in total. The third-order valence-electron chi connectivity index (χ3n) is 6.27. The van der Waals surface area contributed by atoms with Gasteiger partial charge >= 0.3 is 0 Å². The molecule has 0 aliphatic carbocycles. The second-order valence-corrected chi connectivity index (χ2v) is 9.52. The number of para-hydroxylation sites is 2. The molecule has 7 nitrogen and oxygen atoms in total. The molecule has 0 bridgehead atoms. The Morgan fingerprint density at radius 1 is 0.974 bits per heavy atom. The van der Waals surface area contributed by atoms with Crippen molar-refractivity contribution in [3.05, 3.63) is 123 Å². The van der Waals surface area contributed by atoms with Crippen molar-refractivity contribution in [2.45, 2.75) is 6.92 Å². The molecule has 3 heterocycles. The first-order valence-corrected chi connectivity index (χ1v) is 12.8. The lowest BCUT2D eigenvalue weighted by Crippen LogP contribution is -2.19. The van der Waals surface area contributed by atoms with Gasteiger partial charge in [0.1, 0.15) is 17.1 Å². The Kier molecular flexibility index (Phi) is 5.97. The quantitative estimate of drug-likeness (QED) is 0.260. The van der Waals surface area contributed by atoms with Crippen molar-refractivity contribution in [3.8, 4) is 17.1 Å². The minimum Gasteiger partial charge on any atom is -0.454 e. The van der Waals surface area contributed by atoms with Crippen molar-refractivity contribution in [1.29, 1.82) is 0 Å². The molecule has 3 aromatic heterocycles. The summed E-state index contributed by atoms with van der Waals surface area (Å²) in [5, 5.41) is 7.47. The van der Waals surface area contributed by atoms with Gasteiger partial charge in [0, 0.05) is 17.8 Å². The summed E-state index contributed by atoms with van der Waals surface area (Å²) >= 11 is 1.33. The van der Waals surface area contributed by atoms with E-state index in [1.54, 1.807) is 32.4 Å². The van der Waals surface area contributed by atoms with Crippen LogP contribution in [0, 0.1) is 12.7 Å². The molecule has 9 heteroatoms. The number of fused-ring (bicyclic) bond motifs is 1. The predicted octanol–water partition coefficient (Wildman–Crippen LogP) is 6.01. The minimum atomic E-state index is -0.354. The Morgan fingerprint density at radius 3 is 2.55 bits per heavy atom. The number of furan rings is 1. The average Bonchev–Trinajstić information content (AvgIpc) is 3.59. The van der Waals surface area contributed by atoms with Crippen LogP contribution in [0.25, 0.3) is 28.1 Å². The van der Waals surface area contributed by atoms with E-state index in [-0.39, 0.29) is 11.4 Å². The Bertz CT molecular complexity index is 1910. The third-order valence-corrected chi connectivity index (χ3v) is 7.08. The van der Waals surface area contributed by atoms with Gasteiger partial charge in [0.05, 0.1) is 17.6 Å². The summed E-state index contributed by atoms with van der Waals surface area (Å²) in [7, 11) is 1.83. The van der Waals surface area contributed by atoms with Crippen molar-refractivity contribution in [3.63, 3.8) is 0 Å². The summed E-state index contributed by atoms with van der Waals surface area (Å²) in [6, 6.07) is 25.2. The zero-order valence-corrected chi connectivity index (χ0v) is 21.4. The van der Waals surface area contributed by atoms with E-state index in [4.69, 9.17) is 9.41 Å². The standard InChI is InChI=1S/C29H22FN5O2S/c1-19-27(28(36)35(33(19)2)23-12-4-3-5-13-23)32-29-34(31-17-20-9-8-11-22(30)15-20)24(18-38-29)26-16-21-10-6-7-14-25(21)37-26/h3-18H,1-2H3. The molecule has 0 radical (unpaired) electrons. The summed E-state index contributed by atoms with van der Waals surface area (Å²) in [5.41, 5.74) is 3.52. The molecule has 3 aromatic carbocycles. The van der Waals surface area contributed by atoms with Gasteiger partial charge in [0.2, 0.25) is 4.80 Å². The lowest BCUT2D eigenvalue weighted by atomic mass is 10.2. The highest BCUT2D eigenvalue weighted by Gasteiger charge is 2.18. The van der Waals surface area contributed by atoms with Crippen molar-refractivity contribution >= 4 is 34.2 Å². The lowest BCUT2D eigenvalue weighted by Gasteiger charge is -2.07. The number of benzene rings is 3. The number of halogens is 1. The smallest absolute Gasteiger partial charge is 0.297 e. The third kappa shape index (κ3) is 4.22. The van der Waals surface area contributed by atoms with Gasteiger partial charge in [-0.1, -0.05) is 48.5 Å². The molecular formula is C29H22FN5O2S. The monoisotopic (exact) mass is 523 g/mol. The van der Waals surface area contributed by atoms with Gasteiger partial charge in [-0.05, 0) is 48.9 Å². The molecule has 0 saturated carbocycles. The van der Waals surface area contributed by atoms with Crippen LogP contribution in [-0.2, 0) is 7.05 Å². The van der Waals surface area contributed by atoms with Crippen molar-refractivity contribution in [1.82, 2.24) is 14.0 Å². The zero-order valence-electron chi connectivity index (χ0n) is 20.6. The van der Waals surface area contributed by atoms with Gasteiger partial charge in [0.15, 0.2) is 11.4 Å². The second-order valence-electron chi connectivity index (χ2n) is 8.69. The van der Waals surface area contributed by atoms with Crippen LogP contribution >= 0.6 is 11.3 Å². The number of hydrogen-bond donors (Lipinski definition) is 0. The topological polar surface area (TPSA) is 69.7 Å². The maximum absolute atomic E-state index is 13.8. The fourth-order valence-electron chi connectivity index (χ4n) is 4.26. The van der Waals surface area contributed by atoms with E-state index in [0.717, 1.165) is 16.7 Å². The van der Waals surface area contributed by atoms with Gasteiger partial charge in [-0.2, -0.15) is 5.10 Å². The zero-order chi connectivity index (χ0) is 26.2. The van der Waals surface area contributed by atoms with Crippen LogP contribution in [0.4, 0.5) is 10.1 Å². The molecule has 6 aromatic rings. The van der Waals surface area contributed by atoms with Crippen LogP contribution in [0.5, 0.6) is 0 Å². The molecule has 0 saturated heterocycles. The maximum atomic E-state index is 13.8. The number of thiazole rings is 1. The van der Waals surface area contributed by atoms with Crippen LogP contribution in [0.15, 0.2) is 110 Å². The second kappa shape index (κ2) is 9.60. The number of hydrogen-bond acceptors (Lipinski definition) is 5. The molecule has 0 spiro atoms. The maximum Gasteiger partial charge on any atom is 0.297 e. The first kappa shape index (κ1) is 23.6. The number of nitrogens with zero attached hydrogens (tertiary/aromatic N) is 5. The normalized spacial score (nSPS) is 12.2. The Hall–Kier alpha value is -4.76. The Balaban J connectivity index is 1.54. The summed E-state index contributed by atoms with van der Waals surface area (Å²) in [5.74, 6) is 0.250. The molecule has 38 heavy (non-hydrogen) atoms. The molecule has 0 atom stereocenters. The molecule has 0 aliphatic heterocycles. The van der Waals surface area contributed by atoms with E-state index in [1.807, 2.05) is 80.0 Å². The summed E-state index contributed by atoms with van der Waals surface area (Å²) in [4.78, 5) is 18.7. The molecular weight excluding hydrogens is 501 g/mol. The Labute approximate surface area is 220 Å². The van der Waals surface area contributed by atoms with E-state index in [1.165, 1.54) is 23.5 Å². The highest BCUT2D eigenvalue weighted by atomic mass is 32.1. The van der Waals surface area contributed by atoms with Crippen LogP contribution in [-0.4, -0.2) is 20.3 Å². The first-order valence-electron chi connectivity index (χ1n) is 11.9. The molecule has 188 valence electrons. The Morgan fingerprint density at radius 2 is 1.76 bits per heavy atom. The molecule has 0 aliphatic rings. The van der Waals surface area contributed by atoms with E-state index in [2.05, 4.69) is 5.10 Å². The van der Waals surface area contributed by atoms with Crippen molar-refractivity contribution in [2.75, 3.05) is 0 Å². The fraction of sp³-hybridized carbons (Fsp3) is 0.0690. The van der Waals surface area contributed by atoms with Crippen LogP contribution in [0.1, 0.15) is 11.3 Å². The summed E-state index contributed by atoms with van der Waals surface area (Å²) in [6.45, 7) is 1.85. The summed E-state index contributed by atoms with van der Waals surface area (Å²) < 4.78 is 24.9. The van der Waals surface area contributed by atoms with Gasteiger partial charge in [-0.15, -0.1) is 11.3 Å². The largest absolute Gasteiger partial charge is 0.454 e. The van der Waals surface area contributed by atoms with E-state index < -0.39 is 0 Å². The molecule has 0 amide bonds. The molecule has 0 unspecified atom stereocenters. The van der Waals surface area contributed by atoms with E-state index in [9.17, 15) is 9.18 Å². The van der Waals surface area contributed by atoms with Gasteiger partial charge < -0.3 is 4.42 Å². The average molecular weight is 524 g/mol. The van der Waals surface area contributed by atoms with Crippen LogP contribution in [0.2, 0.25) is 0 Å². The fourth-order valence-corrected chi connectivity index (χ4v) is 5.08. The predicted molar refractivity (Wildman–Crippen MR) is 148 cm³/mol. The van der Waals surface area contributed by atoms with Gasteiger partial charge in [-0.25, -0.2) is 18.7 Å². The van der Waals surface area contributed by atoms with Gasteiger partial charge in [0.25, 0.3) is 5.56 Å². The van der Waals surface area contributed by atoms with Crippen molar-refractivity contribution in [2.24, 2.45) is 17.1 Å². The van der Waals surface area contributed by atoms with Crippen molar-refractivity contribution < 1.29 is 8.81 Å². The first-order chi connectivity index (χ1) is 18.5. The van der Waals surface area contributed by atoms with E-state index in [0.29, 0.717) is 33.2 Å². The van der Waals surface area contributed by atoms with Gasteiger partial charge in [-0.3, -0.25) is 9.48 Å². The SMILES string of the molecule is Cc1c(N=c2scc(-c3cc4ccccc4o3)n2N=Cc2cccc(F)c2)c(=O)n(-c2ccccc2)n1C. The number of aromatic nitrogens is 3. The number of rotatable bonds is 5. The molecule has 6 rings (SSSR count). The molecule has 0 fully saturated rings. The highest BCUT2D eigenvalue weighted by molar-refractivity contribution is 7.07. The van der Waals surface area contributed by atoms with Crippen LogP contribution < -0.4 is 10.4 Å².